The van der Waals surface area contributed by atoms with Crippen molar-refractivity contribution in [1.29, 1.82) is 0 Å². The summed E-state index contributed by atoms with van der Waals surface area (Å²) in [4.78, 5) is 0. The van der Waals surface area contributed by atoms with E-state index < -0.39 is 0 Å². The van der Waals surface area contributed by atoms with E-state index in [0.29, 0.717) is 0 Å². The number of rotatable bonds is 1. The van der Waals surface area contributed by atoms with Crippen LogP contribution in [0.25, 0.3) is 0 Å². The second kappa shape index (κ2) is 6.99. The van der Waals surface area contributed by atoms with E-state index in [1.165, 1.54) is 25.7 Å². The molecule has 0 radical (unpaired) electrons. The van der Waals surface area contributed by atoms with Crippen molar-refractivity contribution in [1.82, 2.24) is 0 Å². The lowest BCUT2D eigenvalue weighted by Gasteiger charge is -2.24. The average molecular weight is 175 g/mol. The summed E-state index contributed by atoms with van der Waals surface area (Å²) >= 11 is 1.55. The summed E-state index contributed by atoms with van der Waals surface area (Å²) in [7, 11) is 0. The molecule has 0 bridgehead atoms. The molecule has 2 N–H and O–H groups in total. The molecule has 0 spiro atoms. The van der Waals surface area contributed by atoms with Crippen molar-refractivity contribution in [2.45, 2.75) is 51.7 Å². The van der Waals surface area contributed by atoms with Crippen LogP contribution in [0.1, 0.15) is 46.5 Å². The van der Waals surface area contributed by atoms with Gasteiger partial charge in [0.15, 0.2) is 0 Å². The predicted molar refractivity (Wildman–Crippen MR) is 54.5 cm³/mol. The summed E-state index contributed by atoms with van der Waals surface area (Å²) in [5.74, 6) is 0.916. The van der Waals surface area contributed by atoms with Gasteiger partial charge in [0.05, 0.1) is 0 Å². The van der Waals surface area contributed by atoms with Gasteiger partial charge >= 0.3 is 0 Å². The van der Waals surface area contributed by atoms with E-state index in [0.717, 1.165) is 11.2 Å². The molecule has 1 aliphatic rings. The normalized spacial score (nSPS) is 30.5. The fraction of sp³-hybridized carbons (Fsp3) is 1.00. The molecule has 0 aromatic rings. The highest BCUT2D eigenvalue weighted by Gasteiger charge is 2.17. The lowest BCUT2D eigenvalue weighted by molar-refractivity contribution is 0.394. The zero-order valence-corrected chi connectivity index (χ0v) is 8.79. The van der Waals surface area contributed by atoms with Gasteiger partial charge in [0.25, 0.3) is 0 Å². The predicted octanol–water partition coefficient (Wildman–Crippen LogP) is 3.20. The number of hydrogen-bond donors (Lipinski definition) is 1. The number of nitrogens with two attached hydrogens (primary N) is 1. The van der Waals surface area contributed by atoms with Crippen LogP contribution in [0.2, 0.25) is 0 Å². The molecule has 1 saturated carbocycles. The molecule has 0 heterocycles. The monoisotopic (exact) mass is 175 g/mol. The van der Waals surface area contributed by atoms with Crippen LogP contribution in [0, 0.1) is 5.92 Å². The Morgan fingerprint density at radius 2 is 1.91 bits per heavy atom. The Kier molecular flexibility index (Phi) is 7.18. The van der Waals surface area contributed by atoms with Gasteiger partial charge in [0, 0.05) is 5.25 Å². The lowest BCUT2D eigenvalue weighted by atomic mass is 9.91. The molecule has 2 heteroatoms. The van der Waals surface area contributed by atoms with Gasteiger partial charge in [-0.25, -0.2) is 0 Å². The van der Waals surface area contributed by atoms with Gasteiger partial charge in [-0.1, -0.05) is 45.6 Å². The third-order valence-electron chi connectivity index (χ3n) is 2.08. The molecular formula is C9H21NS. The Morgan fingerprint density at radius 3 is 2.27 bits per heavy atom. The van der Waals surface area contributed by atoms with Gasteiger partial charge < -0.3 is 0 Å². The van der Waals surface area contributed by atoms with Crippen molar-refractivity contribution in [3.05, 3.63) is 0 Å². The Balaban J connectivity index is 0.000000461. The summed E-state index contributed by atoms with van der Waals surface area (Å²) < 4.78 is 0. The van der Waals surface area contributed by atoms with E-state index in [-0.39, 0.29) is 0 Å². The molecule has 0 aromatic carbocycles. The highest BCUT2D eigenvalue weighted by atomic mass is 32.2. The topological polar surface area (TPSA) is 26.0 Å². The molecule has 0 aliphatic heterocycles. The smallest absolute Gasteiger partial charge is 0.0193 e. The summed E-state index contributed by atoms with van der Waals surface area (Å²) in [6.45, 7) is 6.32. The highest BCUT2D eigenvalue weighted by molar-refractivity contribution is 7.97. The summed E-state index contributed by atoms with van der Waals surface area (Å²) in [5.41, 5.74) is 0. The molecular weight excluding hydrogens is 154 g/mol. The zero-order chi connectivity index (χ0) is 8.69. The summed E-state index contributed by atoms with van der Waals surface area (Å²) in [6.07, 6.45) is 5.47. The van der Waals surface area contributed by atoms with Gasteiger partial charge in [-0.3, -0.25) is 5.14 Å². The van der Waals surface area contributed by atoms with Crippen LogP contribution >= 0.6 is 11.9 Å². The summed E-state index contributed by atoms with van der Waals surface area (Å²) in [6, 6.07) is 0. The Bertz CT molecular complexity index is 85.6. The van der Waals surface area contributed by atoms with Crippen molar-refractivity contribution in [3.8, 4) is 0 Å². The van der Waals surface area contributed by atoms with Crippen molar-refractivity contribution in [2.24, 2.45) is 11.1 Å². The van der Waals surface area contributed by atoms with Gasteiger partial charge in [-0.15, -0.1) is 0 Å². The van der Waals surface area contributed by atoms with Crippen molar-refractivity contribution >= 4 is 11.9 Å². The lowest BCUT2D eigenvalue weighted by Crippen LogP contribution is -2.16. The zero-order valence-electron chi connectivity index (χ0n) is 7.97. The first-order valence-corrected chi connectivity index (χ1v) is 5.62. The maximum Gasteiger partial charge on any atom is 0.0193 e. The third kappa shape index (κ3) is 4.70. The SMILES string of the molecule is CC.CC1CCCC(SN)C1. The minimum Gasteiger partial charge on any atom is -0.278 e. The first-order chi connectivity index (χ1) is 5.33. The van der Waals surface area contributed by atoms with Crippen molar-refractivity contribution < 1.29 is 0 Å². The molecule has 68 valence electrons. The van der Waals surface area contributed by atoms with E-state index in [4.69, 9.17) is 5.14 Å². The first kappa shape index (κ1) is 11.3. The van der Waals surface area contributed by atoms with E-state index in [1.54, 1.807) is 11.9 Å². The maximum atomic E-state index is 5.48. The molecule has 1 fully saturated rings. The average Bonchev–Trinajstić information content (AvgIpc) is 2.08. The molecule has 1 aliphatic carbocycles. The van der Waals surface area contributed by atoms with Gasteiger partial charge in [0.1, 0.15) is 0 Å². The Labute approximate surface area is 75.3 Å². The first-order valence-electron chi connectivity index (χ1n) is 4.68. The Hall–Kier alpha value is 0.310. The van der Waals surface area contributed by atoms with Gasteiger partial charge in [-0.05, 0) is 18.8 Å². The molecule has 11 heavy (non-hydrogen) atoms. The second-order valence-electron chi connectivity index (χ2n) is 3.03. The molecule has 2 unspecified atom stereocenters. The van der Waals surface area contributed by atoms with Crippen molar-refractivity contribution in [2.75, 3.05) is 0 Å². The van der Waals surface area contributed by atoms with E-state index >= 15 is 0 Å². The van der Waals surface area contributed by atoms with E-state index in [1.807, 2.05) is 13.8 Å². The quantitative estimate of drug-likeness (QED) is 0.619. The van der Waals surface area contributed by atoms with Crippen LogP contribution in [0.15, 0.2) is 0 Å². The molecule has 0 amide bonds. The summed E-state index contributed by atoms with van der Waals surface area (Å²) in [5, 5.41) is 6.24. The minimum atomic E-state index is 0.758. The van der Waals surface area contributed by atoms with Crippen LogP contribution in [-0.2, 0) is 0 Å². The van der Waals surface area contributed by atoms with E-state index in [2.05, 4.69) is 6.92 Å². The van der Waals surface area contributed by atoms with Crippen LogP contribution in [-0.4, -0.2) is 5.25 Å². The largest absolute Gasteiger partial charge is 0.278 e. The van der Waals surface area contributed by atoms with Gasteiger partial charge in [-0.2, -0.15) is 0 Å². The van der Waals surface area contributed by atoms with Crippen LogP contribution in [0.5, 0.6) is 0 Å². The van der Waals surface area contributed by atoms with Gasteiger partial charge in [0.2, 0.25) is 0 Å². The molecule has 0 saturated heterocycles. The number of hydrogen-bond acceptors (Lipinski definition) is 2. The minimum absolute atomic E-state index is 0.758. The highest BCUT2D eigenvalue weighted by Crippen LogP contribution is 2.28. The third-order valence-corrected chi connectivity index (χ3v) is 2.89. The molecule has 2 atom stereocenters. The molecule has 1 rings (SSSR count). The fourth-order valence-electron chi connectivity index (χ4n) is 1.50. The van der Waals surface area contributed by atoms with Crippen LogP contribution < -0.4 is 5.14 Å². The van der Waals surface area contributed by atoms with E-state index in [9.17, 15) is 0 Å². The fourth-order valence-corrected chi connectivity index (χ4v) is 2.24. The Morgan fingerprint density at radius 1 is 1.27 bits per heavy atom. The molecule has 1 nitrogen and oxygen atoms in total. The van der Waals surface area contributed by atoms with Crippen LogP contribution in [0.3, 0.4) is 0 Å². The second-order valence-corrected chi connectivity index (χ2v) is 3.97. The maximum absolute atomic E-state index is 5.48. The van der Waals surface area contributed by atoms with Crippen molar-refractivity contribution in [3.63, 3.8) is 0 Å². The molecule has 0 aromatic heterocycles. The standard InChI is InChI=1S/C7H15NS.C2H6/c1-6-3-2-4-7(5-6)9-8;1-2/h6-7H,2-5,8H2,1H3;1-2H3. The van der Waals surface area contributed by atoms with Crippen LogP contribution in [0.4, 0.5) is 0 Å².